The van der Waals surface area contributed by atoms with Crippen LogP contribution >= 0.6 is 11.3 Å². The molecule has 3 aromatic rings. The number of rotatable bonds is 2. The number of allylic oxidation sites excluding steroid dienone is 1. The van der Waals surface area contributed by atoms with Gasteiger partial charge in [-0.15, -0.1) is 0 Å². The van der Waals surface area contributed by atoms with Crippen LogP contribution in [-0.4, -0.2) is 22.0 Å². The van der Waals surface area contributed by atoms with E-state index >= 15 is 0 Å². The van der Waals surface area contributed by atoms with Crippen LogP contribution in [0.25, 0.3) is 10.3 Å². The molecule has 0 radical (unpaired) electrons. The van der Waals surface area contributed by atoms with E-state index in [9.17, 15) is 10.1 Å². The number of aromatic amines is 1. The summed E-state index contributed by atoms with van der Waals surface area (Å²) in [6, 6.07) is 5.57. The van der Waals surface area contributed by atoms with Crippen LogP contribution < -0.4 is 21.3 Å². The van der Waals surface area contributed by atoms with Gasteiger partial charge in [-0.2, -0.15) is 5.26 Å². The van der Waals surface area contributed by atoms with E-state index in [2.05, 4.69) is 26.3 Å². The number of nitrogens with one attached hydrogen (secondary N) is 2. The summed E-state index contributed by atoms with van der Waals surface area (Å²) >= 11 is 1.34. The number of H-pyrrole nitrogens is 1. The molecule has 0 saturated heterocycles. The van der Waals surface area contributed by atoms with E-state index in [4.69, 9.17) is 10.5 Å². The van der Waals surface area contributed by atoms with Gasteiger partial charge < -0.3 is 20.8 Å². The number of hydrogen-bond acceptors (Lipinski definition) is 8. The average molecular weight is 352 g/mol. The third kappa shape index (κ3) is 2.23. The second-order valence-corrected chi connectivity index (χ2v) is 6.35. The quantitative estimate of drug-likeness (QED) is 0.639. The highest BCUT2D eigenvalue weighted by atomic mass is 32.1. The third-order valence-corrected chi connectivity index (χ3v) is 5.05. The first-order chi connectivity index (χ1) is 12.1. The molecule has 1 atom stereocenters. The summed E-state index contributed by atoms with van der Waals surface area (Å²) in [4.78, 5) is 23.8. The van der Waals surface area contributed by atoms with Crippen LogP contribution in [0, 0.1) is 11.3 Å². The fourth-order valence-corrected chi connectivity index (χ4v) is 3.76. The second-order valence-electron chi connectivity index (χ2n) is 5.35. The molecular formula is C16H12N6O2S. The molecule has 4 rings (SSSR count). The van der Waals surface area contributed by atoms with Crippen molar-refractivity contribution in [2.75, 3.05) is 12.4 Å². The maximum atomic E-state index is 12.7. The molecule has 0 aromatic carbocycles. The molecular weight excluding hydrogens is 340 g/mol. The Balaban J connectivity index is 2.07. The Labute approximate surface area is 145 Å². The van der Waals surface area contributed by atoms with Crippen LogP contribution in [0.3, 0.4) is 0 Å². The minimum atomic E-state index is -0.620. The number of nitriles is 1. The van der Waals surface area contributed by atoms with Gasteiger partial charge in [0.25, 0.3) is 5.56 Å². The predicted octanol–water partition coefficient (Wildman–Crippen LogP) is 1.64. The Morgan fingerprint density at radius 1 is 1.44 bits per heavy atom. The Bertz CT molecular complexity index is 1110. The average Bonchev–Trinajstić information content (AvgIpc) is 3.04. The lowest BCUT2D eigenvalue weighted by Gasteiger charge is -2.25. The summed E-state index contributed by atoms with van der Waals surface area (Å²) < 4.78 is 6.35. The zero-order chi connectivity index (χ0) is 17.6. The normalized spacial score (nSPS) is 16.2. The molecule has 25 heavy (non-hydrogen) atoms. The number of nitrogens with two attached hydrogens (primary N) is 1. The minimum absolute atomic E-state index is 0.0110. The van der Waals surface area contributed by atoms with Gasteiger partial charge in [-0.05, 0) is 17.7 Å². The van der Waals surface area contributed by atoms with E-state index in [1.165, 1.54) is 11.3 Å². The molecule has 1 aliphatic heterocycles. The van der Waals surface area contributed by atoms with E-state index in [0.717, 1.165) is 5.56 Å². The Hall–Kier alpha value is -3.38. The van der Waals surface area contributed by atoms with E-state index in [1.807, 2.05) is 0 Å². The third-order valence-electron chi connectivity index (χ3n) is 3.98. The summed E-state index contributed by atoms with van der Waals surface area (Å²) in [6.45, 7) is 0. The van der Waals surface area contributed by atoms with E-state index in [0.29, 0.717) is 26.8 Å². The summed E-state index contributed by atoms with van der Waals surface area (Å²) in [5, 5.41) is 13.1. The van der Waals surface area contributed by atoms with Gasteiger partial charge in [-0.3, -0.25) is 9.78 Å². The molecule has 0 spiro atoms. The van der Waals surface area contributed by atoms with Crippen LogP contribution in [0.5, 0.6) is 5.75 Å². The fraction of sp³-hybridized carbons (Fsp3) is 0.125. The number of fused-ring (bicyclic) bond motifs is 3. The predicted molar refractivity (Wildman–Crippen MR) is 93.3 cm³/mol. The molecule has 124 valence electrons. The SMILES string of the molecule is CNc1nc2[nH]c(=O)c3c(c2s1)OC(N)=C(C#N)[C@H]3c1ccncc1. The van der Waals surface area contributed by atoms with Crippen molar-refractivity contribution in [1.82, 2.24) is 15.0 Å². The number of anilines is 1. The molecule has 0 unspecified atom stereocenters. The van der Waals surface area contributed by atoms with Crippen molar-refractivity contribution in [3.63, 3.8) is 0 Å². The topological polar surface area (TPSA) is 130 Å². The fourth-order valence-electron chi connectivity index (χ4n) is 2.89. The van der Waals surface area contributed by atoms with Crippen molar-refractivity contribution in [1.29, 1.82) is 5.26 Å². The van der Waals surface area contributed by atoms with Gasteiger partial charge in [0.1, 0.15) is 16.3 Å². The first-order valence-electron chi connectivity index (χ1n) is 7.36. The minimum Gasteiger partial charge on any atom is -0.438 e. The first-order valence-corrected chi connectivity index (χ1v) is 8.17. The lowest BCUT2D eigenvalue weighted by atomic mass is 9.85. The maximum absolute atomic E-state index is 12.7. The number of ether oxygens (including phenoxy) is 1. The van der Waals surface area contributed by atoms with Crippen molar-refractivity contribution in [3.05, 3.63) is 57.5 Å². The van der Waals surface area contributed by atoms with Crippen LogP contribution in [0.1, 0.15) is 17.0 Å². The Kier molecular flexibility index (Phi) is 3.40. The monoisotopic (exact) mass is 352 g/mol. The molecule has 0 saturated carbocycles. The number of hydrogen-bond donors (Lipinski definition) is 3. The van der Waals surface area contributed by atoms with Gasteiger partial charge in [-0.25, -0.2) is 4.98 Å². The van der Waals surface area contributed by atoms with Gasteiger partial charge in [0, 0.05) is 19.4 Å². The van der Waals surface area contributed by atoms with Crippen LogP contribution in [-0.2, 0) is 0 Å². The molecule has 8 nitrogen and oxygen atoms in total. The highest BCUT2D eigenvalue weighted by molar-refractivity contribution is 7.22. The van der Waals surface area contributed by atoms with Crippen LogP contribution in [0.15, 0.2) is 40.8 Å². The second kappa shape index (κ2) is 5.61. The summed E-state index contributed by atoms with van der Waals surface area (Å²) in [6.07, 6.45) is 3.21. The largest absolute Gasteiger partial charge is 0.438 e. The van der Waals surface area contributed by atoms with Crippen LogP contribution in [0.2, 0.25) is 0 Å². The van der Waals surface area contributed by atoms with Crippen molar-refractivity contribution in [3.8, 4) is 11.8 Å². The Morgan fingerprint density at radius 3 is 2.88 bits per heavy atom. The summed E-state index contributed by atoms with van der Waals surface area (Å²) in [7, 11) is 1.74. The van der Waals surface area contributed by atoms with E-state index in [-0.39, 0.29) is 17.0 Å². The molecule has 4 N–H and O–H groups in total. The highest BCUT2D eigenvalue weighted by Gasteiger charge is 2.35. The molecule has 3 aromatic heterocycles. The smallest absolute Gasteiger partial charge is 0.257 e. The maximum Gasteiger partial charge on any atom is 0.257 e. The van der Waals surface area contributed by atoms with E-state index < -0.39 is 5.92 Å². The zero-order valence-corrected chi connectivity index (χ0v) is 13.8. The lowest BCUT2D eigenvalue weighted by Crippen LogP contribution is -2.27. The number of thiazole rings is 1. The molecule has 9 heteroatoms. The first kappa shape index (κ1) is 15.2. The van der Waals surface area contributed by atoms with Crippen molar-refractivity contribution >= 4 is 26.8 Å². The molecule has 0 aliphatic carbocycles. The van der Waals surface area contributed by atoms with Gasteiger partial charge in [0.2, 0.25) is 5.88 Å². The van der Waals surface area contributed by atoms with Gasteiger partial charge >= 0.3 is 0 Å². The molecule has 1 aliphatic rings. The highest BCUT2D eigenvalue weighted by Crippen LogP contribution is 2.44. The lowest BCUT2D eigenvalue weighted by molar-refractivity contribution is 0.397. The summed E-state index contributed by atoms with van der Waals surface area (Å²) in [5.74, 6) is -0.288. The van der Waals surface area contributed by atoms with Gasteiger partial charge in [0.15, 0.2) is 16.5 Å². The molecule has 0 bridgehead atoms. The van der Waals surface area contributed by atoms with E-state index in [1.54, 1.807) is 31.6 Å². The van der Waals surface area contributed by atoms with Crippen LogP contribution in [0.4, 0.5) is 5.13 Å². The standard InChI is InChI=1S/C16H12N6O2S/c1-19-16-22-14-12(25-16)11-10(15(23)21-14)9(7-2-4-20-5-3-7)8(6-17)13(18)24-11/h2-5,9H,18H2,1H3,(H2,19,21,22,23)/t9-/m1/s1. The van der Waals surface area contributed by atoms with Crippen molar-refractivity contribution in [2.45, 2.75) is 5.92 Å². The van der Waals surface area contributed by atoms with Gasteiger partial charge in [0.05, 0.1) is 11.5 Å². The number of aromatic nitrogens is 3. The zero-order valence-electron chi connectivity index (χ0n) is 13.0. The molecule has 0 fully saturated rings. The van der Waals surface area contributed by atoms with Crippen molar-refractivity contribution in [2.24, 2.45) is 5.73 Å². The molecule has 0 amide bonds. The van der Waals surface area contributed by atoms with Gasteiger partial charge in [-0.1, -0.05) is 11.3 Å². The number of pyridine rings is 2. The Morgan fingerprint density at radius 2 is 2.20 bits per heavy atom. The van der Waals surface area contributed by atoms with Crippen molar-refractivity contribution < 1.29 is 4.74 Å². The summed E-state index contributed by atoms with van der Waals surface area (Å²) in [5.41, 5.74) is 7.32. The number of nitrogens with zero attached hydrogens (tertiary/aromatic N) is 3. The molecule has 4 heterocycles.